The van der Waals surface area contributed by atoms with Crippen molar-refractivity contribution in [3.05, 3.63) is 46.7 Å². The summed E-state index contributed by atoms with van der Waals surface area (Å²) in [6.45, 7) is 3.12. The highest BCUT2D eigenvalue weighted by Crippen LogP contribution is 2.27. The molecule has 5 heteroatoms. The summed E-state index contributed by atoms with van der Waals surface area (Å²) in [5.74, 6) is 0.866. The normalized spacial score (nSPS) is 12.4. The molecule has 1 aromatic carbocycles. The highest BCUT2D eigenvalue weighted by molar-refractivity contribution is 6.30. The lowest BCUT2D eigenvalue weighted by atomic mass is 10.0. The number of nitrogens with one attached hydrogen (secondary N) is 1. The second-order valence-corrected chi connectivity index (χ2v) is 5.48. The van der Waals surface area contributed by atoms with Gasteiger partial charge in [0.05, 0.1) is 18.8 Å². The Morgan fingerprint density at radius 3 is 2.81 bits per heavy atom. The second kappa shape index (κ2) is 7.48. The van der Waals surface area contributed by atoms with Crippen LogP contribution in [0.1, 0.15) is 30.6 Å². The fourth-order valence-electron chi connectivity index (χ4n) is 2.45. The fraction of sp³-hybridized carbons (Fsp3) is 0.438. The quantitative estimate of drug-likeness (QED) is 0.852. The minimum absolute atomic E-state index is 0.185. The van der Waals surface area contributed by atoms with Crippen LogP contribution in [-0.2, 0) is 13.5 Å². The molecule has 114 valence electrons. The zero-order valence-electron chi connectivity index (χ0n) is 12.8. The number of aromatic nitrogens is 2. The van der Waals surface area contributed by atoms with E-state index in [-0.39, 0.29) is 6.04 Å². The Hall–Kier alpha value is -1.52. The van der Waals surface area contributed by atoms with Gasteiger partial charge in [-0.2, -0.15) is 5.10 Å². The molecule has 0 amide bonds. The second-order valence-electron chi connectivity index (χ2n) is 5.05. The standard InChI is InChI=1S/C16H22ClN3O/c1-4-8-18-14(15-7-9-19-20(15)2)11-12-10-13(17)5-6-16(12)21-3/h5-7,9-10,14,18H,4,8,11H2,1-3H3. The van der Waals surface area contributed by atoms with Crippen molar-refractivity contribution in [2.45, 2.75) is 25.8 Å². The molecule has 0 bridgehead atoms. The van der Waals surface area contributed by atoms with E-state index in [1.807, 2.05) is 42.2 Å². The summed E-state index contributed by atoms with van der Waals surface area (Å²) in [4.78, 5) is 0. The van der Waals surface area contributed by atoms with Crippen LogP contribution in [0.5, 0.6) is 5.75 Å². The lowest BCUT2D eigenvalue weighted by Gasteiger charge is -2.20. The van der Waals surface area contributed by atoms with Crippen molar-refractivity contribution in [1.82, 2.24) is 15.1 Å². The molecule has 0 fully saturated rings. The van der Waals surface area contributed by atoms with Crippen molar-refractivity contribution in [1.29, 1.82) is 0 Å². The third kappa shape index (κ3) is 3.99. The number of nitrogens with zero attached hydrogens (tertiary/aromatic N) is 2. The lowest BCUT2D eigenvalue weighted by molar-refractivity contribution is 0.403. The van der Waals surface area contributed by atoms with Gasteiger partial charge in [0.25, 0.3) is 0 Å². The van der Waals surface area contributed by atoms with Crippen molar-refractivity contribution in [3.63, 3.8) is 0 Å². The van der Waals surface area contributed by atoms with E-state index in [0.29, 0.717) is 0 Å². The molecule has 2 aromatic rings. The topological polar surface area (TPSA) is 39.1 Å². The summed E-state index contributed by atoms with van der Waals surface area (Å²) in [6, 6.07) is 7.96. The van der Waals surface area contributed by atoms with E-state index in [2.05, 4.69) is 17.3 Å². The Balaban J connectivity index is 2.26. The highest BCUT2D eigenvalue weighted by atomic mass is 35.5. The van der Waals surface area contributed by atoms with Gasteiger partial charge in [-0.15, -0.1) is 0 Å². The molecule has 1 N–H and O–H groups in total. The minimum atomic E-state index is 0.185. The Kier molecular flexibility index (Phi) is 5.65. The Bertz CT molecular complexity index is 583. The molecule has 1 unspecified atom stereocenters. The third-order valence-corrected chi connectivity index (χ3v) is 3.76. The average molecular weight is 308 g/mol. The van der Waals surface area contributed by atoms with Crippen LogP contribution in [-0.4, -0.2) is 23.4 Å². The van der Waals surface area contributed by atoms with E-state index in [1.165, 1.54) is 0 Å². The van der Waals surface area contributed by atoms with E-state index >= 15 is 0 Å². The molecule has 0 aliphatic carbocycles. The Morgan fingerprint density at radius 1 is 1.38 bits per heavy atom. The van der Waals surface area contributed by atoms with Crippen LogP contribution < -0.4 is 10.1 Å². The summed E-state index contributed by atoms with van der Waals surface area (Å²) >= 11 is 6.12. The van der Waals surface area contributed by atoms with E-state index in [9.17, 15) is 0 Å². The molecule has 0 saturated carbocycles. The molecular weight excluding hydrogens is 286 g/mol. The average Bonchev–Trinajstić information content (AvgIpc) is 2.90. The molecule has 0 aliphatic rings. The molecule has 1 atom stereocenters. The summed E-state index contributed by atoms with van der Waals surface area (Å²) in [5, 5.41) is 8.57. The number of benzene rings is 1. The van der Waals surface area contributed by atoms with Crippen LogP contribution in [0.3, 0.4) is 0 Å². The van der Waals surface area contributed by atoms with Gasteiger partial charge in [0, 0.05) is 18.3 Å². The van der Waals surface area contributed by atoms with Crippen LogP contribution in [0.15, 0.2) is 30.5 Å². The first-order valence-corrected chi connectivity index (χ1v) is 7.57. The van der Waals surface area contributed by atoms with E-state index in [4.69, 9.17) is 16.3 Å². The highest BCUT2D eigenvalue weighted by Gasteiger charge is 2.17. The lowest BCUT2D eigenvalue weighted by Crippen LogP contribution is -2.26. The van der Waals surface area contributed by atoms with Crippen LogP contribution in [0.2, 0.25) is 5.02 Å². The molecule has 1 aromatic heterocycles. The fourth-order valence-corrected chi connectivity index (χ4v) is 2.65. The first-order valence-electron chi connectivity index (χ1n) is 7.19. The number of hydrogen-bond acceptors (Lipinski definition) is 3. The summed E-state index contributed by atoms with van der Waals surface area (Å²) in [6.07, 6.45) is 3.72. The summed E-state index contributed by atoms with van der Waals surface area (Å²) < 4.78 is 7.35. The van der Waals surface area contributed by atoms with E-state index in [1.54, 1.807) is 7.11 Å². The number of rotatable bonds is 7. The van der Waals surface area contributed by atoms with Crippen molar-refractivity contribution >= 4 is 11.6 Å². The zero-order valence-corrected chi connectivity index (χ0v) is 13.5. The van der Waals surface area contributed by atoms with E-state index < -0.39 is 0 Å². The third-order valence-electron chi connectivity index (χ3n) is 3.52. The maximum absolute atomic E-state index is 6.12. The SMILES string of the molecule is CCCNC(Cc1cc(Cl)ccc1OC)c1ccnn1C. The van der Waals surface area contributed by atoms with Gasteiger partial charge in [0.2, 0.25) is 0 Å². The van der Waals surface area contributed by atoms with E-state index in [0.717, 1.165) is 41.4 Å². The molecule has 0 spiro atoms. The van der Waals surface area contributed by atoms with Crippen molar-refractivity contribution in [2.75, 3.05) is 13.7 Å². The maximum atomic E-state index is 6.12. The number of ether oxygens (including phenoxy) is 1. The monoisotopic (exact) mass is 307 g/mol. The summed E-state index contributed by atoms with van der Waals surface area (Å²) in [7, 11) is 3.65. The maximum Gasteiger partial charge on any atom is 0.122 e. The number of methoxy groups -OCH3 is 1. The number of aryl methyl sites for hydroxylation is 1. The van der Waals surface area contributed by atoms with Gasteiger partial charge >= 0.3 is 0 Å². The molecule has 1 heterocycles. The molecule has 4 nitrogen and oxygen atoms in total. The molecule has 0 aliphatic heterocycles. The largest absolute Gasteiger partial charge is 0.496 e. The molecule has 21 heavy (non-hydrogen) atoms. The number of hydrogen-bond donors (Lipinski definition) is 1. The zero-order chi connectivity index (χ0) is 15.2. The van der Waals surface area contributed by atoms with Crippen LogP contribution in [0, 0.1) is 0 Å². The van der Waals surface area contributed by atoms with Gasteiger partial charge in [-0.05, 0) is 49.2 Å². The molecule has 0 radical (unpaired) electrons. The van der Waals surface area contributed by atoms with Crippen molar-refractivity contribution in [2.24, 2.45) is 7.05 Å². The van der Waals surface area contributed by atoms with Gasteiger partial charge in [-0.3, -0.25) is 4.68 Å². The minimum Gasteiger partial charge on any atom is -0.496 e. The van der Waals surface area contributed by atoms with Crippen molar-refractivity contribution in [3.8, 4) is 5.75 Å². The van der Waals surface area contributed by atoms with Gasteiger partial charge in [-0.1, -0.05) is 18.5 Å². The Labute approximate surface area is 131 Å². The van der Waals surface area contributed by atoms with Gasteiger partial charge < -0.3 is 10.1 Å². The van der Waals surface area contributed by atoms with Crippen LogP contribution in [0.4, 0.5) is 0 Å². The predicted molar refractivity (Wildman–Crippen MR) is 86.0 cm³/mol. The van der Waals surface area contributed by atoms with Crippen LogP contribution in [0.25, 0.3) is 0 Å². The van der Waals surface area contributed by atoms with Crippen LogP contribution >= 0.6 is 11.6 Å². The Morgan fingerprint density at radius 2 is 2.19 bits per heavy atom. The van der Waals surface area contributed by atoms with Gasteiger partial charge in [0.15, 0.2) is 0 Å². The van der Waals surface area contributed by atoms with Gasteiger partial charge in [0.1, 0.15) is 5.75 Å². The predicted octanol–water partition coefficient (Wildman–Crippen LogP) is 3.37. The van der Waals surface area contributed by atoms with Gasteiger partial charge in [-0.25, -0.2) is 0 Å². The summed E-state index contributed by atoms with van der Waals surface area (Å²) in [5.41, 5.74) is 2.25. The smallest absolute Gasteiger partial charge is 0.122 e. The molecular formula is C16H22ClN3O. The first-order chi connectivity index (χ1) is 10.2. The first kappa shape index (κ1) is 15.9. The molecule has 2 rings (SSSR count). The number of halogens is 1. The molecule has 0 saturated heterocycles. The van der Waals surface area contributed by atoms with Crippen molar-refractivity contribution < 1.29 is 4.74 Å².